The van der Waals surface area contributed by atoms with Crippen molar-refractivity contribution in [3.63, 3.8) is 0 Å². The van der Waals surface area contributed by atoms with Crippen LogP contribution in [0.15, 0.2) is 18.2 Å². The van der Waals surface area contributed by atoms with Gasteiger partial charge in [0, 0.05) is 32.2 Å². The van der Waals surface area contributed by atoms with Gasteiger partial charge >= 0.3 is 0 Å². The Balaban J connectivity index is 2.64. The van der Waals surface area contributed by atoms with Gasteiger partial charge in [0.25, 0.3) is 0 Å². The van der Waals surface area contributed by atoms with Gasteiger partial charge in [-0.1, -0.05) is 24.6 Å². The summed E-state index contributed by atoms with van der Waals surface area (Å²) in [5, 5.41) is 3.43. The Kier molecular flexibility index (Phi) is 7.53. The second kappa shape index (κ2) is 8.94. The molecule has 0 bridgehead atoms. The molecule has 1 atom stereocenters. The number of methoxy groups -OCH3 is 1. The van der Waals surface area contributed by atoms with Gasteiger partial charge in [-0.05, 0) is 32.9 Å². The van der Waals surface area contributed by atoms with E-state index in [1.54, 1.807) is 7.11 Å². The van der Waals surface area contributed by atoms with E-state index in [2.05, 4.69) is 44.3 Å². The Morgan fingerprint density at radius 1 is 1.32 bits per heavy atom. The summed E-state index contributed by atoms with van der Waals surface area (Å²) in [7, 11) is 1.72. The van der Waals surface area contributed by atoms with Crippen molar-refractivity contribution in [3.8, 4) is 5.75 Å². The Bertz CT molecular complexity index is 366. The normalized spacial score (nSPS) is 12.4. The van der Waals surface area contributed by atoms with E-state index in [9.17, 15) is 0 Å². The van der Waals surface area contributed by atoms with Crippen LogP contribution in [0.3, 0.4) is 0 Å². The predicted molar refractivity (Wildman–Crippen MR) is 79.8 cm³/mol. The van der Waals surface area contributed by atoms with E-state index in [0.717, 1.165) is 38.3 Å². The van der Waals surface area contributed by atoms with Crippen LogP contribution in [0.25, 0.3) is 0 Å². The van der Waals surface area contributed by atoms with E-state index >= 15 is 0 Å². The first-order valence-electron chi connectivity index (χ1n) is 7.13. The number of benzene rings is 1. The first kappa shape index (κ1) is 16.0. The molecule has 0 aliphatic heterocycles. The maximum absolute atomic E-state index is 6.01. The van der Waals surface area contributed by atoms with Gasteiger partial charge in [0.1, 0.15) is 5.75 Å². The van der Waals surface area contributed by atoms with Gasteiger partial charge in [-0.15, -0.1) is 0 Å². The molecule has 19 heavy (non-hydrogen) atoms. The third kappa shape index (κ3) is 6.08. The summed E-state index contributed by atoms with van der Waals surface area (Å²) < 4.78 is 11.1. The topological polar surface area (TPSA) is 30.5 Å². The number of hydrogen-bond acceptors (Lipinski definition) is 3. The Morgan fingerprint density at radius 2 is 2.11 bits per heavy atom. The van der Waals surface area contributed by atoms with E-state index in [-0.39, 0.29) is 6.10 Å². The molecule has 3 heteroatoms. The van der Waals surface area contributed by atoms with Gasteiger partial charge in [0.05, 0.1) is 6.10 Å². The highest BCUT2D eigenvalue weighted by molar-refractivity contribution is 5.37. The summed E-state index contributed by atoms with van der Waals surface area (Å²) >= 11 is 0. The van der Waals surface area contributed by atoms with Crippen molar-refractivity contribution in [3.05, 3.63) is 29.3 Å². The van der Waals surface area contributed by atoms with Crippen molar-refractivity contribution in [2.75, 3.05) is 20.3 Å². The Morgan fingerprint density at radius 3 is 2.79 bits per heavy atom. The predicted octanol–water partition coefficient (Wildman–Crippen LogP) is 3.30. The molecule has 0 heterocycles. The lowest BCUT2D eigenvalue weighted by Gasteiger charge is -2.18. The Hall–Kier alpha value is -1.06. The average Bonchev–Trinajstić information content (AvgIpc) is 2.39. The molecule has 0 aromatic heterocycles. The summed E-state index contributed by atoms with van der Waals surface area (Å²) in [6, 6.07) is 6.37. The molecule has 0 saturated heterocycles. The van der Waals surface area contributed by atoms with E-state index in [0.29, 0.717) is 0 Å². The summed E-state index contributed by atoms with van der Waals surface area (Å²) in [5.41, 5.74) is 2.50. The standard InChI is InChI=1S/C16H27NO2/c1-5-9-17-12-15-11-13(2)6-7-16(15)19-14(3)8-10-18-4/h6-7,11,14,17H,5,8-10,12H2,1-4H3. The maximum Gasteiger partial charge on any atom is 0.124 e. The molecule has 108 valence electrons. The fourth-order valence-electron chi connectivity index (χ4n) is 1.92. The highest BCUT2D eigenvalue weighted by Crippen LogP contribution is 2.22. The van der Waals surface area contributed by atoms with E-state index in [1.807, 2.05) is 0 Å². The summed E-state index contributed by atoms with van der Waals surface area (Å²) in [5.74, 6) is 0.984. The molecule has 0 aliphatic rings. The molecular weight excluding hydrogens is 238 g/mol. The molecule has 0 radical (unpaired) electrons. The van der Waals surface area contributed by atoms with Crippen LogP contribution in [0.5, 0.6) is 5.75 Å². The number of ether oxygens (including phenoxy) is 2. The number of hydrogen-bond donors (Lipinski definition) is 1. The van der Waals surface area contributed by atoms with Crippen LogP contribution in [0.1, 0.15) is 37.8 Å². The monoisotopic (exact) mass is 265 g/mol. The number of aryl methyl sites for hydroxylation is 1. The van der Waals surface area contributed by atoms with Crippen LogP contribution < -0.4 is 10.1 Å². The quantitative estimate of drug-likeness (QED) is 0.695. The van der Waals surface area contributed by atoms with Gasteiger partial charge in [0.2, 0.25) is 0 Å². The molecule has 1 aromatic carbocycles. The summed E-state index contributed by atoms with van der Waals surface area (Å²) in [6.07, 6.45) is 2.23. The maximum atomic E-state index is 6.01. The molecular formula is C16H27NO2. The third-order valence-electron chi connectivity index (χ3n) is 3.01. The third-order valence-corrected chi connectivity index (χ3v) is 3.01. The molecule has 0 aliphatic carbocycles. The van der Waals surface area contributed by atoms with E-state index in [1.165, 1.54) is 11.1 Å². The first-order valence-corrected chi connectivity index (χ1v) is 7.13. The van der Waals surface area contributed by atoms with Crippen molar-refractivity contribution in [2.45, 2.75) is 46.3 Å². The lowest BCUT2D eigenvalue weighted by molar-refractivity contribution is 0.134. The fourth-order valence-corrected chi connectivity index (χ4v) is 1.92. The first-order chi connectivity index (χ1) is 9.17. The summed E-state index contributed by atoms with van der Waals surface area (Å²) in [6.45, 7) is 9.00. The molecule has 0 fully saturated rings. The van der Waals surface area contributed by atoms with Crippen LogP contribution in [0.2, 0.25) is 0 Å². The Labute approximate surface area is 117 Å². The molecule has 1 aromatic rings. The molecule has 3 nitrogen and oxygen atoms in total. The van der Waals surface area contributed by atoms with Crippen molar-refractivity contribution < 1.29 is 9.47 Å². The number of rotatable bonds is 9. The minimum absolute atomic E-state index is 0.174. The zero-order valence-corrected chi connectivity index (χ0v) is 12.7. The largest absolute Gasteiger partial charge is 0.490 e. The lowest BCUT2D eigenvalue weighted by atomic mass is 10.1. The minimum Gasteiger partial charge on any atom is -0.490 e. The smallest absolute Gasteiger partial charge is 0.124 e. The fraction of sp³-hybridized carbons (Fsp3) is 0.625. The average molecular weight is 265 g/mol. The minimum atomic E-state index is 0.174. The molecule has 1 unspecified atom stereocenters. The zero-order chi connectivity index (χ0) is 14.1. The SMILES string of the molecule is CCCNCc1cc(C)ccc1OC(C)CCOC. The molecule has 1 rings (SSSR count). The van der Waals surface area contributed by atoms with E-state index in [4.69, 9.17) is 9.47 Å². The van der Waals surface area contributed by atoms with Gasteiger partial charge in [-0.25, -0.2) is 0 Å². The second-order valence-electron chi connectivity index (χ2n) is 5.00. The number of nitrogens with one attached hydrogen (secondary N) is 1. The van der Waals surface area contributed by atoms with E-state index < -0.39 is 0 Å². The van der Waals surface area contributed by atoms with Gasteiger partial charge < -0.3 is 14.8 Å². The second-order valence-corrected chi connectivity index (χ2v) is 5.00. The van der Waals surface area contributed by atoms with Crippen molar-refractivity contribution in [2.24, 2.45) is 0 Å². The van der Waals surface area contributed by atoms with Crippen LogP contribution >= 0.6 is 0 Å². The highest BCUT2D eigenvalue weighted by Gasteiger charge is 2.08. The van der Waals surface area contributed by atoms with Crippen LogP contribution in [0, 0.1) is 6.92 Å². The molecule has 1 N–H and O–H groups in total. The van der Waals surface area contributed by atoms with Crippen LogP contribution in [0.4, 0.5) is 0 Å². The lowest BCUT2D eigenvalue weighted by Crippen LogP contribution is -2.18. The molecule has 0 saturated carbocycles. The highest BCUT2D eigenvalue weighted by atomic mass is 16.5. The van der Waals surface area contributed by atoms with Crippen molar-refractivity contribution in [1.82, 2.24) is 5.32 Å². The van der Waals surface area contributed by atoms with Gasteiger partial charge in [0.15, 0.2) is 0 Å². The van der Waals surface area contributed by atoms with Gasteiger partial charge in [-0.2, -0.15) is 0 Å². The molecule has 0 spiro atoms. The van der Waals surface area contributed by atoms with Gasteiger partial charge in [-0.3, -0.25) is 0 Å². The summed E-state index contributed by atoms with van der Waals surface area (Å²) in [4.78, 5) is 0. The van der Waals surface area contributed by atoms with Crippen LogP contribution in [-0.2, 0) is 11.3 Å². The molecule has 0 amide bonds. The van der Waals surface area contributed by atoms with Crippen molar-refractivity contribution in [1.29, 1.82) is 0 Å². The van der Waals surface area contributed by atoms with Crippen LogP contribution in [-0.4, -0.2) is 26.4 Å². The zero-order valence-electron chi connectivity index (χ0n) is 12.7. The van der Waals surface area contributed by atoms with Crippen molar-refractivity contribution >= 4 is 0 Å².